The molecule has 2 fully saturated rings. The number of anilines is 3. The van der Waals surface area contributed by atoms with Crippen LogP contribution >= 0.6 is 0 Å². The number of oxazole rings is 1. The van der Waals surface area contributed by atoms with Crippen molar-refractivity contribution in [1.82, 2.24) is 15.0 Å². The van der Waals surface area contributed by atoms with Gasteiger partial charge in [0.15, 0.2) is 5.58 Å². The highest BCUT2D eigenvalue weighted by molar-refractivity contribution is 5.82. The summed E-state index contributed by atoms with van der Waals surface area (Å²) < 4.78 is 6.07. The Morgan fingerprint density at radius 3 is 2.69 bits per heavy atom. The molecule has 0 spiro atoms. The molecule has 0 saturated heterocycles. The lowest BCUT2D eigenvalue weighted by Crippen LogP contribution is -2.29. The molecule has 0 amide bonds. The number of aryl methyl sites for hydroxylation is 1. The standard InChI is InChI=1S/C23H30N6O3/c1-12-20(22-28-17-9-15(24-2)5-6-19(17)32-22)21(27-16-7-14(11-30)8-18(16)31)29-23(26-12)25-10-13-3-4-13/h5-6,9,13-14,16,18,24,30-31H,3-4,7-8,10-11H2,1-2H3,(H2,25,26,27,29)/t14-,16+,18+/m0/s1. The molecular formula is C23H30N6O3. The van der Waals surface area contributed by atoms with Crippen molar-refractivity contribution in [1.29, 1.82) is 0 Å². The van der Waals surface area contributed by atoms with Crippen molar-refractivity contribution in [3.05, 3.63) is 23.9 Å². The van der Waals surface area contributed by atoms with Crippen LogP contribution < -0.4 is 16.0 Å². The van der Waals surface area contributed by atoms with E-state index < -0.39 is 6.10 Å². The molecule has 0 radical (unpaired) electrons. The van der Waals surface area contributed by atoms with E-state index in [0.717, 1.165) is 23.4 Å². The highest BCUT2D eigenvalue weighted by atomic mass is 16.3. The zero-order chi connectivity index (χ0) is 22.2. The molecular weight excluding hydrogens is 408 g/mol. The van der Waals surface area contributed by atoms with Gasteiger partial charge in [-0.25, -0.2) is 9.97 Å². The predicted molar refractivity (Wildman–Crippen MR) is 124 cm³/mol. The number of aliphatic hydroxyl groups is 2. The molecule has 5 rings (SSSR count). The smallest absolute Gasteiger partial charge is 0.232 e. The van der Waals surface area contributed by atoms with Gasteiger partial charge in [0.1, 0.15) is 16.9 Å². The van der Waals surface area contributed by atoms with Gasteiger partial charge in [-0.15, -0.1) is 0 Å². The molecule has 2 aliphatic rings. The molecule has 0 unspecified atom stereocenters. The maximum absolute atomic E-state index is 10.5. The third-order valence-electron chi connectivity index (χ3n) is 6.43. The van der Waals surface area contributed by atoms with Gasteiger partial charge >= 0.3 is 0 Å². The number of hydrogen-bond donors (Lipinski definition) is 5. The zero-order valence-corrected chi connectivity index (χ0v) is 18.4. The number of benzene rings is 1. The fourth-order valence-electron chi connectivity index (χ4n) is 4.36. The number of fused-ring (bicyclic) bond motifs is 1. The van der Waals surface area contributed by atoms with Gasteiger partial charge in [-0.2, -0.15) is 4.98 Å². The minimum Gasteiger partial charge on any atom is -0.436 e. The van der Waals surface area contributed by atoms with Crippen LogP contribution in [0.25, 0.3) is 22.6 Å². The maximum Gasteiger partial charge on any atom is 0.232 e. The van der Waals surface area contributed by atoms with Gasteiger partial charge in [-0.1, -0.05) is 0 Å². The van der Waals surface area contributed by atoms with E-state index in [1.54, 1.807) is 0 Å². The third kappa shape index (κ3) is 4.22. The molecule has 3 atom stereocenters. The van der Waals surface area contributed by atoms with Crippen molar-refractivity contribution in [3.63, 3.8) is 0 Å². The molecule has 1 aromatic carbocycles. The number of rotatable bonds is 8. The first kappa shape index (κ1) is 21.0. The summed E-state index contributed by atoms with van der Waals surface area (Å²) in [6, 6.07) is 5.55. The summed E-state index contributed by atoms with van der Waals surface area (Å²) >= 11 is 0. The topological polar surface area (TPSA) is 128 Å². The average molecular weight is 439 g/mol. The Hall–Kier alpha value is -2.91. The lowest BCUT2D eigenvalue weighted by Gasteiger charge is -2.20. The zero-order valence-electron chi connectivity index (χ0n) is 18.4. The first-order valence-electron chi connectivity index (χ1n) is 11.3. The normalized spacial score (nSPS) is 22.9. The van der Waals surface area contributed by atoms with E-state index >= 15 is 0 Å². The Bertz CT molecular complexity index is 1110. The number of aromatic nitrogens is 3. The Kier molecular flexibility index (Phi) is 5.60. The Morgan fingerprint density at radius 1 is 1.12 bits per heavy atom. The first-order valence-corrected chi connectivity index (χ1v) is 11.3. The molecule has 9 nitrogen and oxygen atoms in total. The number of nitrogens with zero attached hydrogens (tertiary/aromatic N) is 3. The van der Waals surface area contributed by atoms with Crippen molar-refractivity contribution in [2.75, 3.05) is 36.1 Å². The van der Waals surface area contributed by atoms with Gasteiger partial charge in [0.2, 0.25) is 11.8 Å². The van der Waals surface area contributed by atoms with Gasteiger partial charge in [0.05, 0.1) is 17.8 Å². The van der Waals surface area contributed by atoms with Gasteiger partial charge in [-0.3, -0.25) is 0 Å². The SMILES string of the molecule is CNc1ccc2oc(-c3c(C)nc(NCC4CC4)nc3N[C@@H]3C[C@H](CO)C[C@H]3O)nc2c1. The van der Waals surface area contributed by atoms with Gasteiger partial charge in [-0.05, 0) is 62.6 Å². The van der Waals surface area contributed by atoms with E-state index in [0.29, 0.717) is 47.6 Å². The molecule has 2 saturated carbocycles. The largest absolute Gasteiger partial charge is 0.436 e. The molecule has 5 N–H and O–H groups in total. The molecule has 9 heteroatoms. The quantitative estimate of drug-likeness (QED) is 0.360. The number of aliphatic hydroxyl groups excluding tert-OH is 2. The van der Waals surface area contributed by atoms with Crippen LogP contribution in [0.15, 0.2) is 22.6 Å². The van der Waals surface area contributed by atoms with Crippen LogP contribution in [0.2, 0.25) is 0 Å². The third-order valence-corrected chi connectivity index (χ3v) is 6.43. The summed E-state index contributed by atoms with van der Waals surface area (Å²) in [7, 11) is 1.86. The summed E-state index contributed by atoms with van der Waals surface area (Å²) in [5, 5.41) is 29.9. The summed E-state index contributed by atoms with van der Waals surface area (Å²) in [6.45, 7) is 2.84. The minimum absolute atomic E-state index is 0.0675. The van der Waals surface area contributed by atoms with Crippen LogP contribution in [0.3, 0.4) is 0 Å². The molecule has 2 aromatic heterocycles. The molecule has 0 aliphatic heterocycles. The van der Waals surface area contributed by atoms with Crippen molar-refractivity contribution in [2.24, 2.45) is 11.8 Å². The maximum atomic E-state index is 10.5. The minimum atomic E-state index is -0.556. The van der Waals surface area contributed by atoms with Crippen molar-refractivity contribution in [3.8, 4) is 11.5 Å². The summed E-state index contributed by atoms with van der Waals surface area (Å²) in [5.41, 5.74) is 3.81. The fraction of sp³-hybridized carbons (Fsp3) is 0.522. The second kappa shape index (κ2) is 8.55. The molecule has 0 bridgehead atoms. The lowest BCUT2D eigenvalue weighted by atomic mass is 10.1. The van der Waals surface area contributed by atoms with Crippen LogP contribution in [-0.2, 0) is 0 Å². The predicted octanol–water partition coefficient (Wildman–Crippen LogP) is 3.00. The summed E-state index contributed by atoms with van der Waals surface area (Å²) in [5.74, 6) is 2.34. The van der Waals surface area contributed by atoms with Crippen molar-refractivity contribution < 1.29 is 14.6 Å². The second-order valence-electron chi connectivity index (χ2n) is 8.97. The first-order chi connectivity index (χ1) is 15.5. The van der Waals surface area contributed by atoms with Crippen LogP contribution in [-0.4, -0.2) is 57.5 Å². The summed E-state index contributed by atoms with van der Waals surface area (Å²) in [6.07, 6.45) is 3.16. The second-order valence-corrected chi connectivity index (χ2v) is 8.97. The highest BCUT2D eigenvalue weighted by Crippen LogP contribution is 2.36. The van der Waals surface area contributed by atoms with Crippen LogP contribution in [0.5, 0.6) is 0 Å². The molecule has 3 aromatic rings. The number of hydrogen-bond acceptors (Lipinski definition) is 9. The van der Waals surface area contributed by atoms with Crippen LogP contribution in [0.1, 0.15) is 31.4 Å². The molecule has 170 valence electrons. The van der Waals surface area contributed by atoms with E-state index in [1.807, 2.05) is 32.2 Å². The van der Waals surface area contributed by atoms with Gasteiger partial charge < -0.3 is 30.6 Å². The van der Waals surface area contributed by atoms with Gasteiger partial charge in [0.25, 0.3) is 0 Å². The summed E-state index contributed by atoms with van der Waals surface area (Å²) in [4.78, 5) is 14.1. The van der Waals surface area contributed by atoms with E-state index in [9.17, 15) is 10.2 Å². The number of nitrogens with one attached hydrogen (secondary N) is 3. The van der Waals surface area contributed by atoms with E-state index in [1.165, 1.54) is 12.8 Å². The Balaban J connectivity index is 1.52. The molecule has 32 heavy (non-hydrogen) atoms. The Morgan fingerprint density at radius 2 is 1.97 bits per heavy atom. The average Bonchev–Trinajstić information content (AvgIpc) is 3.42. The van der Waals surface area contributed by atoms with Gasteiger partial charge in [0, 0.05) is 25.9 Å². The lowest BCUT2D eigenvalue weighted by molar-refractivity contribution is 0.157. The highest BCUT2D eigenvalue weighted by Gasteiger charge is 2.34. The fourth-order valence-corrected chi connectivity index (χ4v) is 4.36. The van der Waals surface area contributed by atoms with Crippen LogP contribution in [0, 0.1) is 18.8 Å². The van der Waals surface area contributed by atoms with Crippen LogP contribution in [0.4, 0.5) is 17.5 Å². The molecule has 2 aliphatic carbocycles. The Labute approximate surface area is 186 Å². The van der Waals surface area contributed by atoms with E-state index in [-0.39, 0.29) is 18.6 Å². The monoisotopic (exact) mass is 438 g/mol. The van der Waals surface area contributed by atoms with E-state index in [2.05, 4.69) is 20.9 Å². The van der Waals surface area contributed by atoms with E-state index in [4.69, 9.17) is 14.4 Å². The van der Waals surface area contributed by atoms with Crippen molar-refractivity contribution in [2.45, 2.75) is 44.8 Å². The van der Waals surface area contributed by atoms with Crippen molar-refractivity contribution >= 4 is 28.6 Å². The molecule has 2 heterocycles.